The average molecular weight is 289 g/mol. The number of ether oxygens (including phenoxy) is 1. The maximum absolute atomic E-state index is 11.9. The molecule has 2 unspecified atom stereocenters. The molecule has 1 fully saturated rings. The molecule has 5 heteroatoms. The molecule has 1 aromatic rings. The zero-order chi connectivity index (χ0) is 14.8. The van der Waals surface area contributed by atoms with Gasteiger partial charge >= 0.3 is 0 Å². The van der Waals surface area contributed by atoms with Crippen LogP contribution in [0.2, 0.25) is 0 Å². The number of hydrogen-bond acceptors (Lipinski definition) is 4. The summed E-state index contributed by atoms with van der Waals surface area (Å²) in [5, 5.41) is 6.01. The average Bonchev–Trinajstić information content (AvgIpc) is 2.82. The Balaban J connectivity index is 1.78. The van der Waals surface area contributed by atoms with E-state index >= 15 is 0 Å². The fourth-order valence-corrected chi connectivity index (χ4v) is 3.40. The molecule has 0 bridgehead atoms. The van der Waals surface area contributed by atoms with Crippen LogP contribution < -0.4 is 15.5 Å². The molecule has 0 aromatic heterocycles. The summed E-state index contributed by atoms with van der Waals surface area (Å²) in [5.74, 6) is 0.622. The number of anilines is 2. The number of carbonyl (C=O) groups excluding carboxylic acids is 1. The van der Waals surface area contributed by atoms with E-state index < -0.39 is 0 Å². The molecule has 2 heterocycles. The fourth-order valence-electron chi connectivity index (χ4n) is 3.40. The molecule has 21 heavy (non-hydrogen) atoms. The van der Waals surface area contributed by atoms with Crippen LogP contribution in [0.3, 0.4) is 0 Å². The van der Waals surface area contributed by atoms with Crippen molar-refractivity contribution in [3.8, 4) is 0 Å². The summed E-state index contributed by atoms with van der Waals surface area (Å²) in [6, 6.07) is 6.05. The number of amides is 1. The number of methoxy groups -OCH3 is 1. The second-order valence-corrected chi connectivity index (χ2v) is 5.89. The highest BCUT2D eigenvalue weighted by atomic mass is 16.5. The molecule has 1 aromatic carbocycles. The molecule has 5 nitrogen and oxygen atoms in total. The van der Waals surface area contributed by atoms with Crippen molar-refractivity contribution in [3.05, 3.63) is 23.8 Å². The lowest BCUT2D eigenvalue weighted by molar-refractivity contribution is -0.117. The standard InChI is InChI=1S/C16H23N3O2/c1-17-15-13-6-5-12(8-14(13)18-16(15)20)19-7-3-4-11(9-19)10-21-2/h5-6,8,11,15,17H,3-4,7,9-10H2,1-2H3,(H,18,20). The SMILES string of the molecule is CNC1C(=O)Nc2cc(N3CCCC(COC)C3)ccc21. The van der Waals surface area contributed by atoms with Crippen LogP contribution in [0.15, 0.2) is 18.2 Å². The lowest BCUT2D eigenvalue weighted by atomic mass is 9.98. The Labute approximate surface area is 125 Å². The van der Waals surface area contributed by atoms with Gasteiger partial charge in [0, 0.05) is 37.1 Å². The zero-order valence-electron chi connectivity index (χ0n) is 12.7. The Morgan fingerprint density at radius 2 is 2.33 bits per heavy atom. The molecular formula is C16H23N3O2. The van der Waals surface area contributed by atoms with Crippen LogP contribution in [0.4, 0.5) is 11.4 Å². The predicted octanol–water partition coefficient (Wildman–Crippen LogP) is 1.76. The first-order chi connectivity index (χ1) is 10.2. The predicted molar refractivity (Wildman–Crippen MR) is 83.7 cm³/mol. The number of nitrogens with zero attached hydrogens (tertiary/aromatic N) is 1. The van der Waals surface area contributed by atoms with Crippen LogP contribution in [0.25, 0.3) is 0 Å². The Kier molecular flexibility index (Phi) is 4.12. The third-order valence-electron chi connectivity index (χ3n) is 4.44. The van der Waals surface area contributed by atoms with Crippen molar-refractivity contribution in [2.45, 2.75) is 18.9 Å². The molecular weight excluding hydrogens is 266 g/mol. The molecule has 3 rings (SSSR count). The molecule has 0 aliphatic carbocycles. The normalized spacial score (nSPS) is 24.9. The van der Waals surface area contributed by atoms with E-state index in [2.05, 4.69) is 33.7 Å². The molecule has 1 saturated heterocycles. The lowest BCUT2D eigenvalue weighted by Gasteiger charge is -2.34. The van der Waals surface area contributed by atoms with Crippen molar-refractivity contribution in [2.75, 3.05) is 44.1 Å². The molecule has 2 aliphatic rings. The minimum atomic E-state index is -0.225. The van der Waals surface area contributed by atoms with Gasteiger partial charge in [0.15, 0.2) is 0 Å². The Hall–Kier alpha value is -1.59. The molecule has 0 saturated carbocycles. The minimum absolute atomic E-state index is 0.0283. The number of piperidine rings is 1. The van der Waals surface area contributed by atoms with Crippen molar-refractivity contribution in [1.29, 1.82) is 0 Å². The first kappa shape index (κ1) is 14.4. The minimum Gasteiger partial charge on any atom is -0.384 e. The van der Waals surface area contributed by atoms with Gasteiger partial charge in [0.05, 0.1) is 6.61 Å². The van der Waals surface area contributed by atoms with E-state index in [0.29, 0.717) is 5.92 Å². The van der Waals surface area contributed by atoms with Crippen LogP contribution in [0, 0.1) is 5.92 Å². The number of benzene rings is 1. The van der Waals surface area contributed by atoms with Crippen LogP contribution >= 0.6 is 0 Å². The highest BCUT2D eigenvalue weighted by molar-refractivity contribution is 6.03. The summed E-state index contributed by atoms with van der Waals surface area (Å²) < 4.78 is 5.29. The van der Waals surface area contributed by atoms with Gasteiger partial charge in [-0.3, -0.25) is 4.79 Å². The summed E-state index contributed by atoms with van der Waals surface area (Å²) in [6.07, 6.45) is 2.42. The Morgan fingerprint density at radius 1 is 1.48 bits per heavy atom. The summed E-state index contributed by atoms with van der Waals surface area (Å²) in [4.78, 5) is 14.3. The van der Waals surface area contributed by atoms with Gasteiger partial charge in [-0.05, 0) is 37.9 Å². The molecule has 2 N–H and O–H groups in total. The molecule has 2 atom stereocenters. The van der Waals surface area contributed by atoms with E-state index in [4.69, 9.17) is 4.74 Å². The van der Waals surface area contributed by atoms with Crippen molar-refractivity contribution >= 4 is 17.3 Å². The molecule has 0 radical (unpaired) electrons. The monoisotopic (exact) mass is 289 g/mol. The number of carbonyl (C=O) groups is 1. The van der Waals surface area contributed by atoms with E-state index in [9.17, 15) is 4.79 Å². The maximum atomic E-state index is 11.9. The van der Waals surface area contributed by atoms with Gasteiger partial charge in [-0.25, -0.2) is 0 Å². The van der Waals surface area contributed by atoms with Crippen LogP contribution in [-0.4, -0.2) is 39.8 Å². The summed E-state index contributed by atoms with van der Waals surface area (Å²) >= 11 is 0. The van der Waals surface area contributed by atoms with Crippen molar-refractivity contribution in [1.82, 2.24) is 5.32 Å². The van der Waals surface area contributed by atoms with Gasteiger partial charge in [0.25, 0.3) is 0 Å². The quantitative estimate of drug-likeness (QED) is 0.887. The lowest BCUT2D eigenvalue weighted by Crippen LogP contribution is -2.37. The fraction of sp³-hybridized carbons (Fsp3) is 0.562. The highest BCUT2D eigenvalue weighted by Crippen LogP contribution is 2.35. The second kappa shape index (κ2) is 6.03. The molecule has 0 spiro atoms. The first-order valence-corrected chi connectivity index (χ1v) is 7.59. The van der Waals surface area contributed by atoms with Gasteiger partial charge < -0.3 is 20.3 Å². The number of likely N-dealkylation sites (N-methyl/N-ethyl adjacent to an activating group) is 1. The summed E-state index contributed by atoms with van der Waals surface area (Å²) in [7, 11) is 3.58. The topological polar surface area (TPSA) is 53.6 Å². The maximum Gasteiger partial charge on any atom is 0.246 e. The third kappa shape index (κ3) is 2.76. The van der Waals surface area contributed by atoms with E-state index in [-0.39, 0.29) is 11.9 Å². The molecule has 2 aliphatic heterocycles. The third-order valence-corrected chi connectivity index (χ3v) is 4.44. The molecule has 114 valence electrons. The number of nitrogens with one attached hydrogen (secondary N) is 2. The smallest absolute Gasteiger partial charge is 0.246 e. The van der Waals surface area contributed by atoms with E-state index in [1.54, 1.807) is 7.11 Å². The van der Waals surface area contributed by atoms with Crippen molar-refractivity contribution < 1.29 is 9.53 Å². The Morgan fingerprint density at radius 3 is 3.10 bits per heavy atom. The number of rotatable bonds is 4. The van der Waals surface area contributed by atoms with Gasteiger partial charge in [0.2, 0.25) is 5.91 Å². The molecule has 1 amide bonds. The summed E-state index contributed by atoms with van der Waals surface area (Å²) in [5.41, 5.74) is 3.16. The van der Waals surface area contributed by atoms with Gasteiger partial charge in [-0.2, -0.15) is 0 Å². The van der Waals surface area contributed by atoms with E-state index in [1.165, 1.54) is 18.5 Å². The number of hydrogen-bond donors (Lipinski definition) is 2. The van der Waals surface area contributed by atoms with Gasteiger partial charge in [0.1, 0.15) is 6.04 Å². The first-order valence-electron chi connectivity index (χ1n) is 7.59. The van der Waals surface area contributed by atoms with Crippen LogP contribution in [0.1, 0.15) is 24.4 Å². The van der Waals surface area contributed by atoms with Crippen molar-refractivity contribution in [2.24, 2.45) is 5.92 Å². The second-order valence-electron chi connectivity index (χ2n) is 5.89. The zero-order valence-corrected chi connectivity index (χ0v) is 12.7. The van der Waals surface area contributed by atoms with Crippen LogP contribution in [-0.2, 0) is 9.53 Å². The Bertz CT molecular complexity index is 530. The van der Waals surface area contributed by atoms with Crippen LogP contribution in [0.5, 0.6) is 0 Å². The van der Waals surface area contributed by atoms with Crippen molar-refractivity contribution in [3.63, 3.8) is 0 Å². The van der Waals surface area contributed by atoms with Gasteiger partial charge in [-0.1, -0.05) is 6.07 Å². The highest BCUT2D eigenvalue weighted by Gasteiger charge is 2.30. The number of fused-ring (bicyclic) bond motifs is 1. The summed E-state index contributed by atoms with van der Waals surface area (Å²) in [6.45, 7) is 2.92. The van der Waals surface area contributed by atoms with E-state index in [1.807, 2.05) is 7.05 Å². The largest absolute Gasteiger partial charge is 0.384 e. The van der Waals surface area contributed by atoms with Gasteiger partial charge in [-0.15, -0.1) is 0 Å². The van der Waals surface area contributed by atoms with E-state index in [0.717, 1.165) is 30.9 Å².